The summed E-state index contributed by atoms with van der Waals surface area (Å²) in [6.45, 7) is 28.4. The number of hydrogen-bond acceptors (Lipinski definition) is 3. The van der Waals surface area contributed by atoms with Crippen LogP contribution >= 0.6 is 0 Å². The molecule has 0 saturated carbocycles. The maximum absolute atomic E-state index is 5.36. The maximum atomic E-state index is 5.36. The van der Waals surface area contributed by atoms with Crippen LogP contribution < -0.4 is 5.73 Å². The van der Waals surface area contributed by atoms with Crippen LogP contribution in [0.5, 0.6) is 0 Å². The molecule has 1 fully saturated rings. The second kappa shape index (κ2) is 13.1. The summed E-state index contributed by atoms with van der Waals surface area (Å²) < 4.78 is 7.97. The fourth-order valence-electron chi connectivity index (χ4n) is 2.98. The Kier molecular flexibility index (Phi) is 15.8. The van der Waals surface area contributed by atoms with Gasteiger partial charge in [-0.05, 0) is 51.6 Å². The van der Waals surface area contributed by atoms with E-state index in [-0.39, 0.29) is 7.43 Å². The Morgan fingerprint density at radius 1 is 0.962 bits per heavy atom. The standard InChI is InChI=1S/C8H21NSi2.C6H17NSi.C4H12OSi.CH4/c1-10(2,3)9-7-6-8-11(9,4)5;1-8(2,3)6-4-5-7;1-5-6(2,3)4;/h6-8H2,1-5H3;4-7H2,1-3H3;1-4H3;1H4. The van der Waals surface area contributed by atoms with Crippen LogP contribution in [0.15, 0.2) is 0 Å². The van der Waals surface area contributed by atoms with Gasteiger partial charge in [-0.1, -0.05) is 65.8 Å². The largest absolute Gasteiger partial charge is 0.421 e. The molecule has 1 aliphatic rings. The predicted octanol–water partition coefficient (Wildman–Crippen LogP) is 6.51. The summed E-state index contributed by atoms with van der Waals surface area (Å²) in [5.41, 5.74) is 5.36. The van der Waals surface area contributed by atoms with Gasteiger partial charge in [0.05, 0.1) is 0 Å². The topological polar surface area (TPSA) is 38.5 Å². The fourth-order valence-corrected chi connectivity index (χ4v) is 14.7. The molecule has 1 saturated heterocycles. The van der Waals surface area contributed by atoms with Crippen LogP contribution in [-0.2, 0) is 4.43 Å². The van der Waals surface area contributed by atoms with Gasteiger partial charge in [0.15, 0.2) is 8.32 Å². The van der Waals surface area contributed by atoms with Gasteiger partial charge >= 0.3 is 0 Å². The van der Waals surface area contributed by atoms with Gasteiger partial charge in [0, 0.05) is 15.2 Å². The Hall–Kier alpha value is 0.748. The highest BCUT2D eigenvalue weighted by atomic mass is 28.4. The van der Waals surface area contributed by atoms with Crippen molar-refractivity contribution in [3.63, 3.8) is 0 Å². The highest BCUT2D eigenvalue weighted by Gasteiger charge is 2.40. The lowest BCUT2D eigenvalue weighted by Crippen LogP contribution is -2.56. The van der Waals surface area contributed by atoms with Gasteiger partial charge in [-0.15, -0.1) is 0 Å². The van der Waals surface area contributed by atoms with Crippen LogP contribution in [0.3, 0.4) is 0 Å². The molecule has 0 aromatic carbocycles. The number of nitrogens with two attached hydrogens (primary N) is 1. The second-order valence-corrected chi connectivity index (χ2v) is 31.3. The van der Waals surface area contributed by atoms with Crippen molar-refractivity contribution in [2.24, 2.45) is 5.73 Å². The number of nitrogens with zero attached hydrogens (tertiary/aromatic N) is 1. The van der Waals surface area contributed by atoms with E-state index in [4.69, 9.17) is 10.2 Å². The van der Waals surface area contributed by atoms with Gasteiger partial charge in [-0.25, -0.2) is 0 Å². The molecular formula is C19H54N2OSi4. The lowest BCUT2D eigenvalue weighted by Gasteiger charge is -2.40. The number of hydrogen-bond donors (Lipinski definition) is 1. The molecular weight excluding hydrogens is 385 g/mol. The molecule has 0 amide bonds. The van der Waals surface area contributed by atoms with Gasteiger partial charge in [-0.3, -0.25) is 0 Å². The van der Waals surface area contributed by atoms with Crippen LogP contribution in [-0.4, -0.2) is 57.3 Å². The zero-order valence-electron chi connectivity index (χ0n) is 19.7. The molecule has 1 heterocycles. The first-order chi connectivity index (χ1) is 11.0. The molecule has 0 aromatic heterocycles. The molecule has 162 valence electrons. The van der Waals surface area contributed by atoms with Crippen molar-refractivity contribution in [1.82, 2.24) is 4.23 Å². The molecule has 7 heteroatoms. The third-order valence-electron chi connectivity index (χ3n) is 4.45. The maximum Gasteiger partial charge on any atom is 0.183 e. The van der Waals surface area contributed by atoms with E-state index in [1.807, 2.05) is 0 Å². The zero-order valence-corrected chi connectivity index (χ0v) is 23.7. The summed E-state index contributed by atoms with van der Waals surface area (Å²) >= 11 is 0. The highest BCUT2D eigenvalue weighted by molar-refractivity contribution is 6.90. The van der Waals surface area contributed by atoms with Crippen molar-refractivity contribution in [2.75, 3.05) is 20.2 Å². The van der Waals surface area contributed by atoms with Crippen LogP contribution in [0.2, 0.25) is 84.1 Å². The lowest BCUT2D eigenvalue weighted by molar-refractivity contribution is 0.411. The van der Waals surface area contributed by atoms with E-state index in [2.05, 4.69) is 76.2 Å². The monoisotopic (exact) mass is 438 g/mol. The number of rotatable bonds is 5. The van der Waals surface area contributed by atoms with Gasteiger partial charge in [-0.2, -0.15) is 0 Å². The summed E-state index contributed by atoms with van der Waals surface area (Å²) in [5.74, 6) is 0. The molecule has 0 bridgehead atoms. The second-order valence-electron chi connectivity index (χ2n) is 11.0. The highest BCUT2D eigenvalue weighted by Crippen LogP contribution is 2.30. The van der Waals surface area contributed by atoms with Crippen LogP contribution in [0, 0.1) is 0 Å². The summed E-state index contributed by atoms with van der Waals surface area (Å²) in [4.78, 5) is 0. The zero-order chi connectivity index (χ0) is 20.5. The molecule has 0 aliphatic carbocycles. The third-order valence-corrected chi connectivity index (χ3v) is 16.5. The normalized spacial score (nSPS) is 17.4. The third kappa shape index (κ3) is 18.1. The van der Waals surface area contributed by atoms with E-state index in [0.29, 0.717) is 0 Å². The Labute approximate surface area is 171 Å². The molecule has 0 aromatic rings. The van der Waals surface area contributed by atoms with E-state index in [9.17, 15) is 0 Å². The first-order valence-electron chi connectivity index (χ1n) is 9.99. The molecule has 2 N–H and O–H groups in total. The molecule has 0 atom stereocenters. The molecule has 26 heavy (non-hydrogen) atoms. The molecule has 0 spiro atoms. The molecule has 0 unspecified atom stereocenters. The predicted molar refractivity (Wildman–Crippen MR) is 136 cm³/mol. The Balaban J connectivity index is -0.000000316. The Morgan fingerprint density at radius 2 is 1.38 bits per heavy atom. The van der Waals surface area contributed by atoms with Crippen molar-refractivity contribution in [2.45, 2.75) is 104 Å². The van der Waals surface area contributed by atoms with Gasteiger partial charge in [0.1, 0.15) is 16.5 Å². The van der Waals surface area contributed by atoms with E-state index in [1.165, 1.54) is 31.5 Å². The van der Waals surface area contributed by atoms with Crippen molar-refractivity contribution in [3.05, 3.63) is 0 Å². The first-order valence-corrected chi connectivity index (χ1v) is 23.7. The van der Waals surface area contributed by atoms with Crippen LogP contribution in [0.1, 0.15) is 20.3 Å². The van der Waals surface area contributed by atoms with Crippen LogP contribution in [0.4, 0.5) is 0 Å². The summed E-state index contributed by atoms with van der Waals surface area (Å²) in [5, 5.41) is 0. The van der Waals surface area contributed by atoms with Crippen molar-refractivity contribution < 1.29 is 4.43 Å². The lowest BCUT2D eigenvalue weighted by atomic mass is 10.5. The average molecular weight is 439 g/mol. The SMILES string of the molecule is C.CO[Si](C)(C)C.C[Si](C)(C)CCCN.C[Si](C)(C)N1CCC[Si]1(C)C. The van der Waals surface area contributed by atoms with E-state index in [1.54, 1.807) is 7.11 Å². The molecule has 3 nitrogen and oxygen atoms in total. The fraction of sp³-hybridized carbons (Fsp3) is 1.00. The molecule has 0 radical (unpaired) electrons. The smallest absolute Gasteiger partial charge is 0.183 e. The van der Waals surface area contributed by atoms with Gasteiger partial charge in [0.25, 0.3) is 0 Å². The van der Waals surface area contributed by atoms with Gasteiger partial charge in [0.2, 0.25) is 0 Å². The quantitative estimate of drug-likeness (QED) is 0.497. The van der Waals surface area contributed by atoms with E-state index >= 15 is 0 Å². The average Bonchev–Trinajstić information content (AvgIpc) is 2.76. The minimum atomic E-state index is -1.13. The molecule has 1 aliphatic heterocycles. The first kappa shape index (κ1) is 31.4. The van der Waals surface area contributed by atoms with Crippen molar-refractivity contribution in [1.29, 1.82) is 0 Å². The Morgan fingerprint density at radius 3 is 1.50 bits per heavy atom. The van der Waals surface area contributed by atoms with Gasteiger partial charge < -0.3 is 14.4 Å². The summed E-state index contributed by atoms with van der Waals surface area (Å²) in [7, 11) is -1.99. The minimum Gasteiger partial charge on any atom is -0.421 e. The Bertz CT molecular complexity index is 345. The van der Waals surface area contributed by atoms with Crippen LogP contribution in [0.25, 0.3) is 0 Å². The van der Waals surface area contributed by atoms with Crippen molar-refractivity contribution in [3.8, 4) is 0 Å². The van der Waals surface area contributed by atoms with E-state index < -0.39 is 32.9 Å². The molecule has 1 rings (SSSR count). The van der Waals surface area contributed by atoms with Crippen molar-refractivity contribution >= 4 is 32.9 Å². The summed E-state index contributed by atoms with van der Waals surface area (Å²) in [6, 6.07) is 2.90. The minimum absolute atomic E-state index is 0. The summed E-state index contributed by atoms with van der Waals surface area (Å²) in [6.07, 6.45) is 2.68. The van der Waals surface area contributed by atoms with E-state index in [0.717, 1.165) is 6.54 Å².